The third kappa shape index (κ3) is 2.93. The lowest BCUT2D eigenvalue weighted by molar-refractivity contribution is 0.0914. The molecule has 3 aromatic rings. The van der Waals surface area contributed by atoms with Crippen LogP contribution in [0.25, 0.3) is 11.0 Å². The Kier molecular flexibility index (Phi) is 3.67. The Morgan fingerprint density at radius 1 is 1.14 bits per heavy atom. The average Bonchev–Trinajstić information content (AvgIpc) is 2.92. The maximum Gasteiger partial charge on any atom is 0.287 e. The second-order valence-corrected chi connectivity index (χ2v) is 5.33. The standard InChI is InChI=1S/C17H14ClNO2/c1-11(12-6-8-14(18)9-7-12)19-17(20)16-10-13-4-2-3-5-15(13)21-16/h2-11H,1H3,(H,19,20)/t11-/m0/s1. The average molecular weight is 300 g/mol. The van der Waals surface area contributed by atoms with E-state index < -0.39 is 0 Å². The molecule has 0 saturated heterocycles. The lowest BCUT2D eigenvalue weighted by Gasteiger charge is -2.13. The molecule has 1 N–H and O–H groups in total. The van der Waals surface area contributed by atoms with Gasteiger partial charge in [-0.25, -0.2) is 0 Å². The molecule has 106 valence electrons. The van der Waals surface area contributed by atoms with E-state index in [4.69, 9.17) is 16.0 Å². The molecule has 1 heterocycles. The molecule has 0 spiro atoms. The number of carbonyl (C=O) groups excluding carboxylic acids is 1. The minimum Gasteiger partial charge on any atom is -0.451 e. The van der Waals surface area contributed by atoms with Crippen molar-refractivity contribution in [2.24, 2.45) is 0 Å². The van der Waals surface area contributed by atoms with Crippen LogP contribution in [0.4, 0.5) is 0 Å². The summed E-state index contributed by atoms with van der Waals surface area (Å²) in [7, 11) is 0. The van der Waals surface area contributed by atoms with Crippen molar-refractivity contribution in [3.63, 3.8) is 0 Å². The first-order chi connectivity index (χ1) is 10.1. The molecule has 3 rings (SSSR count). The normalized spacial score (nSPS) is 12.3. The first kappa shape index (κ1) is 13.7. The third-order valence-electron chi connectivity index (χ3n) is 3.37. The summed E-state index contributed by atoms with van der Waals surface area (Å²) in [5.41, 5.74) is 1.70. The van der Waals surface area contributed by atoms with Crippen LogP contribution in [0.15, 0.2) is 59.0 Å². The highest BCUT2D eigenvalue weighted by Crippen LogP contribution is 2.20. The van der Waals surface area contributed by atoms with E-state index in [0.717, 1.165) is 10.9 Å². The van der Waals surface area contributed by atoms with Crippen molar-refractivity contribution in [3.05, 3.63) is 70.9 Å². The highest BCUT2D eigenvalue weighted by atomic mass is 35.5. The Bertz CT molecular complexity index is 744. The molecule has 0 aliphatic carbocycles. The lowest BCUT2D eigenvalue weighted by atomic mass is 10.1. The summed E-state index contributed by atoms with van der Waals surface area (Å²) < 4.78 is 5.55. The summed E-state index contributed by atoms with van der Waals surface area (Å²) in [6.07, 6.45) is 0. The van der Waals surface area contributed by atoms with Crippen LogP contribution >= 0.6 is 11.6 Å². The predicted octanol–water partition coefficient (Wildman–Crippen LogP) is 4.58. The van der Waals surface area contributed by atoms with Gasteiger partial charge in [0.15, 0.2) is 5.76 Å². The van der Waals surface area contributed by atoms with Gasteiger partial charge >= 0.3 is 0 Å². The van der Waals surface area contributed by atoms with Crippen molar-refractivity contribution in [3.8, 4) is 0 Å². The van der Waals surface area contributed by atoms with Crippen molar-refractivity contribution in [2.45, 2.75) is 13.0 Å². The van der Waals surface area contributed by atoms with Gasteiger partial charge in [-0.05, 0) is 36.8 Å². The van der Waals surface area contributed by atoms with Gasteiger partial charge in [0.05, 0.1) is 6.04 Å². The number of amides is 1. The Hall–Kier alpha value is -2.26. The number of carbonyl (C=O) groups is 1. The molecule has 1 aromatic heterocycles. The van der Waals surface area contributed by atoms with Crippen molar-refractivity contribution in [2.75, 3.05) is 0 Å². The Morgan fingerprint density at radius 3 is 2.57 bits per heavy atom. The van der Waals surface area contributed by atoms with Crippen molar-refractivity contribution >= 4 is 28.5 Å². The molecular formula is C17H14ClNO2. The molecule has 0 fully saturated rings. The van der Waals surface area contributed by atoms with E-state index in [1.165, 1.54) is 0 Å². The number of nitrogens with one attached hydrogen (secondary N) is 1. The minimum atomic E-state index is -0.228. The Balaban J connectivity index is 1.77. The molecule has 0 aliphatic heterocycles. The van der Waals surface area contributed by atoms with E-state index >= 15 is 0 Å². The summed E-state index contributed by atoms with van der Waals surface area (Å²) >= 11 is 5.86. The summed E-state index contributed by atoms with van der Waals surface area (Å²) in [6, 6.07) is 16.6. The van der Waals surface area contributed by atoms with Crippen molar-refractivity contribution in [1.29, 1.82) is 0 Å². The second kappa shape index (κ2) is 5.62. The minimum absolute atomic E-state index is 0.122. The largest absolute Gasteiger partial charge is 0.451 e. The second-order valence-electron chi connectivity index (χ2n) is 4.90. The molecule has 0 aliphatic rings. The first-order valence-corrected chi connectivity index (χ1v) is 7.06. The number of benzene rings is 2. The van der Waals surface area contributed by atoms with Gasteiger partial charge in [0.1, 0.15) is 5.58 Å². The summed E-state index contributed by atoms with van der Waals surface area (Å²) in [6.45, 7) is 1.92. The fourth-order valence-electron chi connectivity index (χ4n) is 2.20. The number of hydrogen-bond donors (Lipinski definition) is 1. The van der Waals surface area contributed by atoms with E-state index in [1.54, 1.807) is 18.2 Å². The van der Waals surface area contributed by atoms with Gasteiger partial charge in [-0.1, -0.05) is 41.9 Å². The van der Waals surface area contributed by atoms with E-state index in [2.05, 4.69) is 5.32 Å². The summed E-state index contributed by atoms with van der Waals surface area (Å²) in [5.74, 6) is 0.0886. The fraction of sp³-hybridized carbons (Fsp3) is 0.118. The highest BCUT2D eigenvalue weighted by molar-refractivity contribution is 6.30. The zero-order valence-electron chi connectivity index (χ0n) is 11.5. The zero-order valence-corrected chi connectivity index (χ0v) is 12.2. The monoisotopic (exact) mass is 299 g/mol. The van der Waals surface area contributed by atoms with E-state index in [0.29, 0.717) is 16.4 Å². The van der Waals surface area contributed by atoms with Crippen LogP contribution < -0.4 is 5.32 Å². The smallest absolute Gasteiger partial charge is 0.287 e. The van der Waals surface area contributed by atoms with Crippen LogP contribution in [0, 0.1) is 0 Å². The van der Waals surface area contributed by atoms with Crippen molar-refractivity contribution < 1.29 is 9.21 Å². The fourth-order valence-corrected chi connectivity index (χ4v) is 2.32. The van der Waals surface area contributed by atoms with Gasteiger partial charge in [0.25, 0.3) is 5.91 Å². The molecule has 0 saturated carbocycles. The SMILES string of the molecule is C[C@H](NC(=O)c1cc2ccccc2o1)c1ccc(Cl)cc1. The first-order valence-electron chi connectivity index (χ1n) is 6.68. The van der Waals surface area contributed by atoms with Gasteiger partial charge < -0.3 is 9.73 Å². The van der Waals surface area contributed by atoms with Crippen LogP contribution in [-0.2, 0) is 0 Å². The third-order valence-corrected chi connectivity index (χ3v) is 3.62. The Labute approximate surface area is 127 Å². The molecule has 1 atom stereocenters. The summed E-state index contributed by atoms with van der Waals surface area (Å²) in [4.78, 5) is 12.2. The molecule has 0 unspecified atom stereocenters. The molecule has 3 nitrogen and oxygen atoms in total. The van der Waals surface area contributed by atoms with Gasteiger partial charge in [-0.15, -0.1) is 0 Å². The van der Waals surface area contributed by atoms with E-state index in [9.17, 15) is 4.79 Å². The molecule has 1 amide bonds. The van der Waals surface area contributed by atoms with Crippen LogP contribution in [0.5, 0.6) is 0 Å². The number of halogens is 1. The molecule has 2 aromatic carbocycles. The van der Waals surface area contributed by atoms with Crippen LogP contribution in [0.3, 0.4) is 0 Å². The van der Waals surface area contributed by atoms with Crippen LogP contribution in [0.2, 0.25) is 5.02 Å². The van der Waals surface area contributed by atoms with Crippen LogP contribution in [-0.4, -0.2) is 5.91 Å². The number of furan rings is 1. The molecule has 4 heteroatoms. The lowest BCUT2D eigenvalue weighted by Crippen LogP contribution is -2.26. The maximum absolute atomic E-state index is 12.2. The summed E-state index contributed by atoms with van der Waals surface area (Å²) in [5, 5.41) is 4.51. The predicted molar refractivity (Wildman–Crippen MR) is 83.5 cm³/mol. The number of rotatable bonds is 3. The molecule has 0 bridgehead atoms. The topological polar surface area (TPSA) is 42.2 Å². The number of para-hydroxylation sites is 1. The molecule has 0 radical (unpaired) electrons. The number of fused-ring (bicyclic) bond motifs is 1. The molecule has 21 heavy (non-hydrogen) atoms. The Morgan fingerprint density at radius 2 is 1.86 bits per heavy atom. The van der Waals surface area contributed by atoms with E-state index in [1.807, 2.05) is 43.3 Å². The van der Waals surface area contributed by atoms with Gasteiger partial charge in [-0.3, -0.25) is 4.79 Å². The quantitative estimate of drug-likeness (QED) is 0.769. The molecular weight excluding hydrogens is 286 g/mol. The van der Waals surface area contributed by atoms with Gasteiger partial charge in [0, 0.05) is 10.4 Å². The van der Waals surface area contributed by atoms with Crippen LogP contribution in [0.1, 0.15) is 29.1 Å². The van der Waals surface area contributed by atoms with Crippen molar-refractivity contribution in [1.82, 2.24) is 5.32 Å². The van der Waals surface area contributed by atoms with Gasteiger partial charge in [0.2, 0.25) is 0 Å². The zero-order chi connectivity index (χ0) is 14.8. The van der Waals surface area contributed by atoms with E-state index in [-0.39, 0.29) is 11.9 Å². The number of hydrogen-bond acceptors (Lipinski definition) is 2. The van der Waals surface area contributed by atoms with Gasteiger partial charge in [-0.2, -0.15) is 0 Å². The maximum atomic E-state index is 12.2. The highest BCUT2D eigenvalue weighted by Gasteiger charge is 2.15.